The van der Waals surface area contributed by atoms with E-state index in [2.05, 4.69) is 5.32 Å². The molecule has 22 heavy (non-hydrogen) atoms. The lowest BCUT2D eigenvalue weighted by Crippen LogP contribution is -2.32. The van der Waals surface area contributed by atoms with Gasteiger partial charge in [-0.25, -0.2) is 0 Å². The lowest BCUT2D eigenvalue weighted by atomic mass is 9.95. The molecule has 0 heterocycles. The van der Waals surface area contributed by atoms with Crippen molar-refractivity contribution in [3.63, 3.8) is 0 Å². The molecule has 0 saturated carbocycles. The highest BCUT2D eigenvalue weighted by atomic mass is 35.5. The van der Waals surface area contributed by atoms with Gasteiger partial charge in [-0.05, 0) is 44.4 Å². The van der Waals surface area contributed by atoms with Crippen LogP contribution in [0.4, 0.5) is 5.69 Å². The third-order valence-corrected chi connectivity index (χ3v) is 3.83. The Hall–Kier alpha value is -1.52. The summed E-state index contributed by atoms with van der Waals surface area (Å²) in [5.41, 5.74) is 0.464. The summed E-state index contributed by atoms with van der Waals surface area (Å²) in [5, 5.41) is 3.47. The molecule has 0 bridgehead atoms. The first kappa shape index (κ1) is 16.8. The number of carbonyl (C=O) groups excluding carboxylic acids is 2. The lowest BCUT2D eigenvalue weighted by Gasteiger charge is -2.19. The van der Waals surface area contributed by atoms with Crippen molar-refractivity contribution in [2.24, 2.45) is 5.92 Å². The molecule has 1 aliphatic carbocycles. The molecule has 0 aromatic heterocycles. The fourth-order valence-corrected chi connectivity index (χ4v) is 2.73. The van der Waals surface area contributed by atoms with E-state index in [-0.39, 0.29) is 11.9 Å². The molecule has 1 aromatic carbocycles. The lowest BCUT2D eigenvalue weighted by molar-refractivity contribution is -0.157. The summed E-state index contributed by atoms with van der Waals surface area (Å²) in [6.07, 6.45) is 5.42. The summed E-state index contributed by atoms with van der Waals surface area (Å²) in [4.78, 5) is 24.1. The number of hydrogen-bond donors (Lipinski definition) is 1. The zero-order valence-corrected chi connectivity index (χ0v) is 13.7. The highest BCUT2D eigenvalue weighted by Crippen LogP contribution is 2.23. The third kappa shape index (κ3) is 4.75. The summed E-state index contributed by atoms with van der Waals surface area (Å²) in [6.45, 7) is 1.54. The number of carbonyl (C=O) groups is 2. The van der Waals surface area contributed by atoms with Crippen LogP contribution in [0.3, 0.4) is 0 Å². The van der Waals surface area contributed by atoms with E-state index in [1.165, 1.54) is 6.92 Å². The van der Waals surface area contributed by atoms with Crippen molar-refractivity contribution in [2.45, 2.75) is 32.3 Å². The van der Waals surface area contributed by atoms with Crippen LogP contribution in [0, 0.1) is 5.92 Å². The maximum atomic E-state index is 12.1. The Bertz CT molecular complexity index is 581. The maximum absolute atomic E-state index is 12.1. The van der Waals surface area contributed by atoms with Crippen molar-refractivity contribution in [2.75, 3.05) is 5.32 Å². The summed E-state index contributed by atoms with van der Waals surface area (Å²) < 4.78 is 5.23. The van der Waals surface area contributed by atoms with Crippen LogP contribution in [0.25, 0.3) is 0 Å². The normalized spacial score (nSPS) is 18.6. The van der Waals surface area contributed by atoms with Crippen LogP contribution >= 0.6 is 23.2 Å². The number of ether oxygens (including phenoxy) is 1. The largest absolute Gasteiger partial charge is 0.452 e. The fourth-order valence-electron chi connectivity index (χ4n) is 2.20. The summed E-state index contributed by atoms with van der Waals surface area (Å²) in [6, 6.07) is 4.72. The predicted molar refractivity (Wildman–Crippen MR) is 87.1 cm³/mol. The van der Waals surface area contributed by atoms with Gasteiger partial charge in [0.25, 0.3) is 5.91 Å². The minimum Gasteiger partial charge on any atom is -0.452 e. The number of esters is 1. The van der Waals surface area contributed by atoms with Crippen LogP contribution < -0.4 is 5.32 Å². The first-order chi connectivity index (χ1) is 10.5. The van der Waals surface area contributed by atoms with Gasteiger partial charge < -0.3 is 10.1 Å². The second kappa shape index (κ2) is 7.65. The molecule has 0 spiro atoms. The molecule has 6 heteroatoms. The van der Waals surface area contributed by atoms with Crippen LogP contribution in [0.2, 0.25) is 10.0 Å². The first-order valence-electron chi connectivity index (χ1n) is 7.08. The van der Waals surface area contributed by atoms with Crippen molar-refractivity contribution in [3.05, 3.63) is 40.4 Å². The molecule has 4 nitrogen and oxygen atoms in total. The van der Waals surface area contributed by atoms with Gasteiger partial charge >= 0.3 is 5.97 Å². The average Bonchev–Trinajstić information content (AvgIpc) is 2.46. The van der Waals surface area contributed by atoms with Gasteiger partial charge in [0, 0.05) is 15.7 Å². The molecular formula is C16H17Cl2NO3. The van der Waals surface area contributed by atoms with Gasteiger partial charge in [-0.1, -0.05) is 35.4 Å². The molecule has 0 saturated heterocycles. The number of halogens is 2. The topological polar surface area (TPSA) is 55.4 Å². The fraction of sp³-hybridized carbons (Fsp3) is 0.375. The Morgan fingerprint density at radius 1 is 1.23 bits per heavy atom. The van der Waals surface area contributed by atoms with E-state index in [4.69, 9.17) is 27.9 Å². The zero-order valence-electron chi connectivity index (χ0n) is 12.1. The Kier molecular flexibility index (Phi) is 5.86. The van der Waals surface area contributed by atoms with Gasteiger partial charge in [0.15, 0.2) is 6.10 Å². The Balaban J connectivity index is 1.91. The number of allylic oxidation sites excluding steroid dienone is 2. The minimum atomic E-state index is -0.879. The molecule has 1 N–H and O–H groups in total. The van der Waals surface area contributed by atoms with Crippen molar-refractivity contribution in [3.8, 4) is 0 Å². The molecule has 1 amide bonds. The number of amides is 1. The van der Waals surface area contributed by atoms with E-state index in [0.717, 1.165) is 12.8 Å². The van der Waals surface area contributed by atoms with E-state index in [0.29, 0.717) is 22.2 Å². The number of nitrogens with one attached hydrogen (secondary N) is 1. The summed E-state index contributed by atoms with van der Waals surface area (Å²) in [7, 11) is 0. The monoisotopic (exact) mass is 341 g/mol. The highest BCUT2D eigenvalue weighted by molar-refractivity contribution is 6.35. The molecule has 2 atom stereocenters. The zero-order chi connectivity index (χ0) is 16.1. The minimum absolute atomic E-state index is 0.166. The van der Waals surface area contributed by atoms with Gasteiger partial charge in [-0.2, -0.15) is 0 Å². The van der Waals surface area contributed by atoms with E-state index < -0.39 is 12.0 Å². The quantitative estimate of drug-likeness (QED) is 0.658. The predicted octanol–water partition coefficient (Wildman–Crippen LogP) is 4.22. The SMILES string of the molecule is C[C@@H](OC(=O)[C@H]1CC=CCC1)C(=O)Nc1cc(Cl)cc(Cl)c1. The molecule has 1 aromatic rings. The summed E-state index contributed by atoms with van der Waals surface area (Å²) in [5.74, 6) is -0.921. The molecule has 118 valence electrons. The maximum Gasteiger partial charge on any atom is 0.310 e. The van der Waals surface area contributed by atoms with Crippen molar-refractivity contribution >= 4 is 40.8 Å². The summed E-state index contributed by atoms with van der Waals surface area (Å²) >= 11 is 11.7. The number of anilines is 1. The number of hydrogen-bond acceptors (Lipinski definition) is 3. The van der Waals surface area contributed by atoms with Crippen molar-refractivity contribution in [1.29, 1.82) is 0 Å². The van der Waals surface area contributed by atoms with E-state index in [1.807, 2.05) is 12.2 Å². The molecule has 1 aliphatic rings. The second-order valence-electron chi connectivity index (χ2n) is 5.21. The molecule has 0 fully saturated rings. The van der Waals surface area contributed by atoms with Crippen molar-refractivity contribution in [1.82, 2.24) is 0 Å². The highest BCUT2D eigenvalue weighted by Gasteiger charge is 2.25. The third-order valence-electron chi connectivity index (χ3n) is 3.39. The second-order valence-corrected chi connectivity index (χ2v) is 6.08. The van der Waals surface area contributed by atoms with Crippen LogP contribution in [0.1, 0.15) is 26.2 Å². The Labute approximate surface area is 139 Å². The Morgan fingerprint density at radius 2 is 1.91 bits per heavy atom. The van der Waals surface area contributed by atoms with Gasteiger partial charge in [-0.3, -0.25) is 9.59 Å². The van der Waals surface area contributed by atoms with Gasteiger partial charge in [0.2, 0.25) is 0 Å². The molecular weight excluding hydrogens is 325 g/mol. The number of rotatable bonds is 4. The van der Waals surface area contributed by atoms with E-state index in [9.17, 15) is 9.59 Å². The van der Waals surface area contributed by atoms with E-state index in [1.54, 1.807) is 18.2 Å². The van der Waals surface area contributed by atoms with Gasteiger partial charge in [0.1, 0.15) is 0 Å². The first-order valence-corrected chi connectivity index (χ1v) is 7.84. The van der Waals surface area contributed by atoms with Gasteiger partial charge in [0.05, 0.1) is 5.92 Å². The standard InChI is InChI=1S/C16H17Cl2NO3/c1-10(22-16(21)11-5-3-2-4-6-11)15(20)19-14-8-12(17)7-13(18)9-14/h2-3,7-11H,4-6H2,1H3,(H,19,20)/t10-,11+/m1/s1. The van der Waals surface area contributed by atoms with Crippen LogP contribution in [-0.4, -0.2) is 18.0 Å². The average molecular weight is 342 g/mol. The Morgan fingerprint density at radius 3 is 2.50 bits per heavy atom. The molecule has 0 aliphatic heterocycles. The van der Waals surface area contributed by atoms with Crippen molar-refractivity contribution < 1.29 is 14.3 Å². The molecule has 0 unspecified atom stereocenters. The number of benzene rings is 1. The van der Waals surface area contributed by atoms with Gasteiger partial charge in [-0.15, -0.1) is 0 Å². The van der Waals surface area contributed by atoms with Crippen LogP contribution in [0.15, 0.2) is 30.4 Å². The van der Waals surface area contributed by atoms with E-state index >= 15 is 0 Å². The molecule has 2 rings (SSSR count). The van der Waals surface area contributed by atoms with Crippen LogP contribution in [0.5, 0.6) is 0 Å². The smallest absolute Gasteiger partial charge is 0.310 e. The molecule has 0 radical (unpaired) electrons. The van der Waals surface area contributed by atoms with Crippen LogP contribution in [-0.2, 0) is 14.3 Å².